The van der Waals surface area contributed by atoms with E-state index in [2.05, 4.69) is 4.98 Å². The summed E-state index contributed by atoms with van der Waals surface area (Å²) in [5.74, 6) is 0.704. The minimum atomic E-state index is -0.0463. The molecule has 0 aliphatic heterocycles. The SMILES string of the molecule is Cc1cccc(N(CCN(C)C)C(=O)N(C)C)n1. The number of hydrogen-bond acceptors (Lipinski definition) is 3. The van der Waals surface area contributed by atoms with Crippen LogP contribution in [0.1, 0.15) is 5.69 Å². The maximum atomic E-state index is 12.2. The average Bonchev–Trinajstić information content (AvgIpc) is 2.28. The van der Waals surface area contributed by atoms with E-state index in [1.807, 2.05) is 44.1 Å². The second-order valence-electron chi connectivity index (χ2n) is 4.77. The number of nitrogens with zero attached hydrogens (tertiary/aromatic N) is 4. The Morgan fingerprint density at radius 2 is 1.83 bits per heavy atom. The van der Waals surface area contributed by atoms with Gasteiger partial charge in [-0.1, -0.05) is 6.07 Å². The van der Waals surface area contributed by atoms with Gasteiger partial charge in [0.25, 0.3) is 0 Å². The zero-order chi connectivity index (χ0) is 13.7. The lowest BCUT2D eigenvalue weighted by Crippen LogP contribution is -2.43. The van der Waals surface area contributed by atoms with Gasteiger partial charge in [0.15, 0.2) is 0 Å². The van der Waals surface area contributed by atoms with Gasteiger partial charge in [-0.2, -0.15) is 0 Å². The highest BCUT2D eigenvalue weighted by atomic mass is 16.2. The molecule has 0 saturated carbocycles. The van der Waals surface area contributed by atoms with E-state index in [9.17, 15) is 4.79 Å². The van der Waals surface area contributed by atoms with Crippen molar-refractivity contribution in [3.8, 4) is 0 Å². The molecule has 0 N–H and O–H groups in total. The van der Waals surface area contributed by atoms with E-state index in [1.54, 1.807) is 23.9 Å². The normalized spacial score (nSPS) is 10.6. The summed E-state index contributed by atoms with van der Waals surface area (Å²) in [6.07, 6.45) is 0. The molecule has 100 valence electrons. The summed E-state index contributed by atoms with van der Waals surface area (Å²) in [5, 5.41) is 0. The van der Waals surface area contributed by atoms with Crippen molar-refractivity contribution in [2.24, 2.45) is 0 Å². The van der Waals surface area contributed by atoms with Crippen molar-refractivity contribution in [1.82, 2.24) is 14.8 Å². The molecule has 1 aromatic heterocycles. The van der Waals surface area contributed by atoms with Gasteiger partial charge in [-0.05, 0) is 33.2 Å². The highest BCUT2D eigenvalue weighted by Gasteiger charge is 2.18. The lowest BCUT2D eigenvalue weighted by Gasteiger charge is -2.26. The van der Waals surface area contributed by atoms with Crippen LogP contribution < -0.4 is 4.90 Å². The van der Waals surface area contributed by atoms with Crippen molar-refractivity contribution in [3.63, 3.8) is 0 Å². The van der Waals surface area contributed by atoms with Crippen LogP contribution in [-0.4, -0.2) is 62.1 Å². The first-order valence-corrected chi connectivity index (χ1v) is 5.99. The number of amides is 2. The molecule has 0 aromatic carbocycles. The first kappa shape index (κ1) is 14.4. The molecular formula is C13H22N4O. The molecule has 0 bridgehead atoms. The number of rotatable bonds is 4. The number of aryl methyl sites for hydroxylation is 1. The Balaban J connectivity index is 2.93. The summed E-state index contributed by atoms with van der Waals surface area (Å²) in [6, 6.07) is 5.66. The number of anilines is 1. The zero-order valence-electron chi connectivity index (χ0n) is 11.8. The monoisotopic (exact) mass is 250 g/mol. The summed E-state index contributed by atoms with van der Waals surface area (Å²) in [7, 11) is 7.48. The number of urea groups is 1. The maximum absolute atomic E-state index is 12.2. The molecule has 1 heterocycles. The van der Waals surface area contributed by atoms with Crippen LogP contribution in [0.15, 0.2) is 18.2 Å². The van der Waals surface area contributed by atoms with Gasteiger partial charge < -0.3 is 9.80 Å². The third-order valence-electron chi connectivity index (χ3n) is 2.53. The highest BCUT2D eigenvalue weighted by molar-refractivity contribution is 5.90. The molecule has 0 radical (unpaired) electrons. The van der Waals surface area contributed by atoms with Gasteiger partial charge >= 0.3 is 6.03 Å². The largest absolute Gasteiger partial charge is 0.330 e. The second kappa shape index (κ2) is 6.35. The molecule has 0 aliphatic carbocycles. The molecule has 0 saturated heterocycles. The smallest absolute Gasteiger partial charge is 0.325 e. The van der Waals surface area contributed by atoms with Crippen LogP contribution in [0.5, 0.6) is 0 Å². The number of carbonyl (C=O) groups is 1. The van der Waals surface area contributed by atoms with Crippen LogP contribution in [0, 0.1) is 6.92 Å². The van der Waals surface area contributed by atoms with Gasteiger partial charge in [-0.3, -0.25) is 4.90 Å². The van der Waals surface area contributed by atoms with Crippen LogP contribution in [-0.2, 0) is 0 Å². The third kappa shape index (κ3) is 4.00. The molecule has 5 nitrogen and oxygen atoms in total. The van der Waals surface area contributed by atoms with Crippen LogP contribution in [0.4, 0.5) is 10.6 Å². The minimum Gasteiger partial charge on any atom is -0.330 e. The Morgan fingerprint density at radius 3 is 2.33 bits per heavy atom. The Hall–Kier alpha value is -1.62. The third-order valence-corrected chi connectivity index (χ3v) is 2.53. The van der Waals surface area contributed by atoms with Crippen molar-refractivity contribution in [1.29, 1.82) is 0 Å². The maximum Gasteiger partial charge on any atom is 0.325 e. The fourth-order valence-corrected chi connectivity index (χ4v) is 1.53. The van der Waals surface area contributed by atoms with Crippen molar-refractivity contribution >= 4 is 11.8 Å². The number of likely N-dealkylation sites (N-methyl/N-ethyl adjacent to an activating group) is 1. The summed E-state index contributed by atoms with van der Waals surface area (Å²) >= 11 is 0. The van der Waals surface area contributed by atoms with Crippen molar-refractivity contribution in [2.45, 2.75) is 6.92 Å². The van der Waals surface area contributed by atoms with Gasteiger partial charge in [0.2, 0.25) is 0 Å². The fraction of sp³-hybridized carbons (Fsp3) is 0.538. The van der Waals surface area contributed by atoms with Gasteiger partial charge in [0, 0.05) is 32.9 Å². The molecule has 0 spiro atoms. The zero-order valence-corrected chi connectivity index (χ0v) is 11.8. The number of aromatic nitrogens is 1. The van der Waals surface area contributed by atoms with Gasteiger partial charge in [0.05, 0.1) is 0 Å². The predicted octanol–water partition coefficient (Wildman–Crippen LogP) is 1.44. The fourth-order valence-electron chi connectivity index (χ4n) is 1.53. The topological polar surface area (TPSA) is 39.7 Å². The van der Waals surface area contributed by atoms with Crippen LogP contribution in [0.25, 0.3) is 0 Å². The molecule has 2 amide bonds. The molecule has 18 heavy (non-hydrogen) atoms. The number of hydrogen-bond donors (Lipinski definition) is 0. The summed E-state index contributed by atoms with van der Waals surface area (Å²) < 4.78 is 0. The van der Waals surface area contributed by atoms with Gasteiger partial charge in [0.1, 0.15) is 5.82 Å². The van der Waals surface area contributed by atoms with Crippen LogP contribution in [0.3, 0.4) is 0 Å². The Bertz CT molecular complexity index is 404. The van der Waals surface area contributed by atoms with E-state index >= 15 is 0 Å². The lowest BCUT2D eigenvalue weighted by atomic mass is 10.3. The van der Waals surface area contributed by atoms with Crippen molar-refractivity contribution in [3.05, 3.63) is 23.9 Å². The van der Waals surface area contributed by atoms with E-state index in [0.29, 0.717) is 12.4 Å². The number of pyridine rings is 1. The van der Waals surface area contributed by atoms with Gasteiger partial charge in [-0.25, -0.2) is 9.78 Å². The van der Waals surface area contributed by atoms with Gasteiger partial charge in [-0.15, -0.1) is 0 Å². The Kier molecular flexibility index (Phi) is 5.09. The van der Waals surface area contributed by atoms with E-state index in [-0.39, 0.29) is 6.03 Å². The molecule has 1 rings (SSSR count). The first-order chi connectivity index (χ1) is 8.41. The molecule has 1 aromatic rings. The molecule has 0 unspecified atom stereocenters. The highest BCUT2D eigenvalue weighted by Crippen LogP contribution is 2.12. The summed E-state index contributed by atoms with van der Waals surface area (Å²) in [6.45, 7) is 3.35. The molecule has 0 atom stereocenters. The average molecular weight is 250 g/mol. The van der Waals surface area contributed by atoms with Crippen molar-refractivity contribution in [2.75, 3.05) is 46.2 Å². The van der Waals surface area contributed by atoms with Crippen LogP contribution >= 0.6 is 0 Å². The molecule has 5 heteroatoms. The molecule has 0 aliphatic rings. The Labute approximate surface area is 109 Å². The van der Waals surface area contributed by atoms with E-state index < -0.39 is 0 Å². The minimum absolute atomic E-state index is 0.0463. The quantitative estimate of drug-likeness (QED) is 0.812. The lowest BCUT2D eigenvalue weighted by molar-refractivity contribution is 0.222. The molecule has 0 fully saturated rings. The van der Waals surface area contributed by atoms with Crippen LogP contribution in [0.2, 0.25) is 0 Å². The second-order valence-corrected chi connectivity index (χ2v) is 4.77. The summed E-state index contributed by atoms with van der Waals surface area (Å²) in [5.41, 5.74) is 0.911. The first-order valence-electron chi connectivity index (χ1n) is 5.99. The van der Waals surface area contributed by atoms with E-state index in [1.165, 1.54) is 0 Å². The van der Waals surface area contributed by atoms with E-state index in [4.69, 9.17) is 0 Å². The van der Waals surface area contributed by atoms with Crippen molar-refractivity contribution < 1.29 is 4.79 Å². The molecular weight excluding hydrogens is 228 g/mol. The van der Waals surface area contributed by atoms with E-state index in [0.717, 1.165) is 12.2 Å². The summed E-state index contributed by atoms with van der Waals surface area (Å²) in [4.78, 5) is 21.9. The standard InChI is InChI=1S/C13H22N4O/c1-11-7-6-8-12(14-11)17(10-9-15(2)3)13(18)16(4)5/h6-8H,9-10H2,1-5H3. The predicted molar refractivity (Wildman–Crippen MR) is 74.0 cm³/mol. The number of carbonyl (C=O) groups excluding carboxylic acids is 1. The Morgan fingerprint density at radius 1 is 1.17 bits per heavy atom.